The van der Waals surface area contributed by atoms with Gasteiger partial charge in [0.15, 0.2) is 0 Å². The summed E-state index contributed by atoms with van der Waals surface area (Å²) in [6.07, 6.45) is 4.93. The third-order valence-electron chi connectivity index (χ3n) is 3.64. The van der Waals surface area contributed by atoms with Crippen LogP contribution in [0.15, 0.2) is 0 Å². The molecule has 2 rings (SSSR count). The van der Waals surface area contributed by atoms with Gasteiger partial charge in [0.05, 0.1) is 5.54 Å². The summed E-state index contributed by atoms with van der Waals surface area (Å²) in [5, 5.41) is 0. The van der Waals surface area contributed by atoms with Gasteiger partial charge in [0.25, 0.3) is 0 Å². The third kappa shape index (κ3) is 2.46. The lowest BCUT2D eigenvalue weighted by Gasteiger charge is -2.38. The fourth-order valence-corrected chi connectivity index (χ4v) is 3.60. The number of nitrogens with zero attached hydrogens (tertiary/aromatic N) is 1. The van der Waals surface area contributed by atoms with Gasteiger partial charge in [-0.2, -0.15) is 0 Å². The minimum absolute atomic E-state index is 0.0869. The first-order valence-electron chi connectivity index (χ1n) is 6.05. The van der Waals surface area contributed by atoms with Crippen molar-refractivity contribution < 1.29 is 9.00 Å². The Morgan fingerprint density at radius 1 is 1.12 bits per heavy atom. The standard InChI is InChI=1S/C11H20N2O2S/c12-11(4-2-1-3-5-11)10(14)13-6-8-16(15)9-7-13/h1-9,12H2. The summed E-state index contributed by atoms with van der Waals surface area (Å²) in [4.78, 5) is 14.1. The summed E-state index contributed by atoms with van der Waals surface area (Å²) in [5.74, 6) is 1.31. The number of hydrogen-bond donors (Lipinski definition) is 1. The van der Waals surface area contributed by atoms with E-state index in [4.69, 9.17) is 5.73 Å². The lowest BCUT2D eigenvalue weighted by molar-refractivity contribution is -0.137. The van der Waals surface area contributed by atoms with E-state index in [0.29, 0.717) is 24.6 Å². The quantitative estimate of drug-likeness (QED) is 0.718. The number of amides is 1. The van der Waals surface area contributed by atoms with Crippen LogP contribution >= 0.6 is 0 Å². The monoisotopic (exact) mass is 244 g/mol. The first-order valence-corrected chi connectivity index (χ1v) is 7.54. The van der Waals surface area contributed by atoms with Crippen LogP contribution in [0, 0.1) is 0 Å². The summed E-state index contributed by atoms with van der Waals surface area (Å²) in [6.45, 7) is 1.23. The molecule has 2 aliphatic rings. The fourth-order valence-electron chi connectivity index (χ4n) is 2.55. The Labute approximate surface area is 99.0 Å². The molecular formula is C11H20N2O2S. The molecule has 4 nitrogen and oxygen atoms in total. The number of hydrogen-bond acceptors (Lipinski definition) is 3. The summed E-state index contributed by atoms with van der Waals surface area (Å²) >= 11 is 0. The topological polar surface area (TPSA) is 63.4 Å². The van der Waals surface area contributed by atoms with Crippen molar-refractivity contribution in [3.05, 3.63) is 0 Å². The maximum Gasteiger partial charge on any atom is 0.242 e. The van der Waals surface area contributed by atoms with E-state index in [0.717, 1.165) is 25.7 Å². The molecule has 0 aromatic rings. The van der Waals surface area contributed by atoms with Gasteiger partial charge >= 0.3 is 0 Å². The molecule has 92 valence electrons. The molecule has 2 fully saturated rings. The second-order valence-electron chi connectivity index (χ2n) is 4.86. The molecule has 5 heteroatoms. The lowest BCUT2D eigenvalue weighted by atomic mass is 9.81. The molecule has 0 radical (unpaired) electrons. The maximum absolute atomic E-state index is 12.3. The Kier molecular flexibility index (Phi) is 3.64. The van der Waals surface area contributed by atoms with Gasteiger partial charge < -0.3 is 10.6 Å². The predicted molar refractivity (Wildman–Crippen MR) is 64.5 cm³/mol. The highest BCUT2D eigenvalue weighted by Crippen LogP contribution is 2.28. The van der Waals surface area contributed by atoms with Crippen LogP contribution in [0.1, 0.15) is 32.1 Å². The number of carbonyl (C=O) groups excluding carboxylic acids is 1. The molecule has 1 aliphatic heterocycles. The third-order valence-corrected chi connectivity index (χ3v) is 4.91. The normalized spacial score (nSPS) is 26.7. The van der Waals surface area contributed by atoms with Gasteiger partial charge in [-0.15, -0.1) is 0 Å². The molecule has 1 aliphatic carbocycles. The minimum Gasteiger partial charge on any atom is -0.339 e. The molecule has 0 aromatic heterocycles. The molecule has 0 atom stereocenters. The van der Waals surface area contributed by atoms with Crippen LogP contribution in [0.25, 0.3) is 0 Å². The van der Waals surface area contributed by atoms with Crippen molar-refractivity contribution >= 4 is 16.7 Å². The van der Waals surface area contributed by atoms with E-state index in [1.54, 1.807) is 0 Å². The summed E-state index contributed by atoms with van der Waals surface area (Å²) < 4.78 is 11.2. The number of carbonyl (C=O) groups is 1. The molecular weight excluding hydrogens is 224 g/mol. The second kappa shape index (κ2) is 4.84. The highest BCUT2D eigenvalue weighted by Gasteiger charge is 2.38. The van der Waals surface area contributed by atoms with E-state index >= 15 is 0 Å². The zero-order valence-electron chi connectivity index (χ0n) is 9.61. The van der Waals surface area contributed by atoms with Gasteiger partial charge in [-0.3, -0.25) is 9.00 Å². The van der Waals surface area contributed by atoms with Crippen LogP contribution in [0.4, 0.5) is 0 Å². The van der Waals surface area contributed by atoms with Crippen LogP contribution in [-0.2, 0) is 15.6 Å². The smallest absolute Gasteiger partial charge is 0.242 e. The van der Waals surface area contributed by atoms with Gasteiger partial charge in [-0.05, 0) is 12.8 Å². The van der Waals surface area contributed by atoms with Crippen molar-refractivity contribution in [3.8, 4) is 0 Å². The van der Waals surface area contributed by atoms with Crippen molar-refractivity contribution in [2.45, 2.75) is 37.6 Å². The highest BCUT2D eigenvalue weighted by atomic mass is 32.2. The van der Waals surface area contributed by atoms with Crippen molar-refractivity contribution in [2.75, 3.05) is 24.6 Å². The van der Waals surface area contributed by atoms with E-state index in [1.807, 2.05) is 4.90 Å². The molecule has 1 saturated heterocycles. The molecule has 1 amide bonds. The lowest BCUT2D eigenvalue weighted by Crippen LogP contribution is -2.58. The largest absolute Gasteiger partial charge is 0.339 e. The van der Waals surface area contributed by atoms with Crippen LogP contribution in [0.2, 0.25) is 0 Å². The van der Waals surface area contributed by atoms with E-state index in [1.165, 1.54) is 6.42 Å². The average molecular weight is 244 g/mol. The van der Waals surface area contributed by atoms with Crippen LogP contribution in [0.5, 0.6) is 0 Å². The van der Waals surface area contributed by atoms with E-state index in [-0.39, 0.29) is 5.91 Å². The van der Waals surface area contributed by atoms with Crippen molar-refractivity contribution in [1.82, 2.24) is 4.90 Å². The summed E-state index contributed by atoms with van der Waals surface area (Å²) in [7, 11) is -0.731. The zero-order chi connectivity index (χ0) is 11.6. The summed E-state index contributed by atoms with van der Waals surface area (Å²) in [5.41, 5.74) is 5.57. The van der Waals surface area contributed by atoms with Crippen molar-refractivity contribution in [2.24, 2.45) is 5.73 Å². The molecule has 1 heterocycles. The molecule has 16 heavy (non-hydrogen) atoms. The van der Waals surface area contributed by atoms with Crippen LogP contribution in [-0.4, -0.2) is 45.2 Å². The van der Waals surface area contributed by atoms with E-state index < -0.39 is 16.3 Å². The number of rotatable bonds is 1. The van der Waals surface area contributed by atoms with Gasteiger partial charge in [0, 0.05) is 35.4 Å². The zero-order valence-corrected chi connectivity index (χ0v) is 10.4. The molecule has 0 bridgehead atoms. The molecule has 1 saturated carbocycles. The minimum atomic E-state index is -0.731. The Bertz CT molecular complexity index is 290. The summed E-state index contributed by atoms with van der Waals surface area (Å²) in [6, 6.07) is 0. The fraction of sp³-hybridized carbons (Fsp3) is 0.909. The molecule has 0 spiro atoms. The predicted octanol–water partition coefficient (Wildman–Crippen LogP) is 0.239. The first-order chi connectivity index (χ1) is 7.62. The van der Waals surface area contributed by atoms with Crippen LogP contribution in [0.3, 0.4) is 0 Å². The van der Waals surface area contributed by atoms with Crippen LogP contribution < -0.4 is 5.73 Å². The highest BCUT2D eigenvalue weighted by molar-refractivity contribution is 7.85. The Morgan fingerprint density at radius 3 is 2.25 bits per heavy atom. The van der Waals surface area contributed by atoms with E-state index in [2.05, 4.69) is 0 Å². The van der Waals surface area contributed by atoms with Gasteiger partial charge in [-0.25, -0.2) is 0 Å². The van der Waals surface area contributed by atoms with Crippen molar-refractivity contribution in [1.29, 1.82) is 0 Å². The maximum atomic E-state index is 12.3. The Morgan fingerprint density at radius 2 is 1.69 bits per heavy atom. The molecule has 0 unspecified atom stereocenters. The average Bonchev–Trinajstić information content (AvgIpc) is 2.30. The van der Waals surface area contributed by atoms with Crippen molar-refractivity contribution in [3.63, 3.8) is 0 Å². The second-order valence-corrected chi connectivity index (χ2v) is 6.55. The van der Waals surface area contributed by atoms with Gasteiger partial charge in [0.1, 0.15) is 0 Å². The SMILES string of the molecule is NC1(C(=O)N2CCS(=O)CC2)CCCCC1. The molecule has 2 N–H and O–H groups in total. The number of nitrogens with two attached hydrogens (primary N) is 1. The molecule has 0 aromatic carbocycles. The van der Waals surface area contributed by atoms with Gasteiger partial charge in [0.2, 0.25) is 5.91 Å². The first kappa shape index (κ1) is 12.0. The van der Waals surface area contributed by atoms with E-state index in [9.17, 15) is 9.00 Å². The Balaban J connectivity index is 1.98. The Hall–Kier alpha value is -0.420. The van der Waals surface area contributed by atoms with Gasteiger partial charge in [-0.1, -0.05) is 19.3 Å².